The molecular weight excluding hydrogens is 440 g/mol. The minimum Gasteiger partial charge on any atom is -0.381 e. The second-order valence-corrected chi connectivity index (χ2v) is 14.3. The third kappa shape index (κ3) is 2.53. The summed E-state index contributed by atoms with van der Waals surface area (Å²) in [6, 6.07) is 2.52. The van der Waals surface area contributed by atoms with Crippen LogP contribution in [0.2, 0.25) is 0 Å². The van der Waals surface area contributed by atoms with Gasteiger partial charge in [0.05, 0.1) is 6.10 Å². The molecule has 1 heterocycles. The molecule has 6 aliphatic rings. The van der Waals surface area contributed by atoms with Crippen LogP contribution in [-0.4, -0.2) is 24.8 Å². The number of carbonyl (C=O) groups excluding carboxylic acids is 2. The maximum atomic E-state index is 13.6. The Morgan fingerprint density at radius 1 is 0.941 bits per heavy atom. The fraction of sp³-hybridized carbons (Fsp3) is 0.800. The van der Waals surface area contributed by atoms with Crippen molar-refractivity contribution in [2.24, 2.45) is 40.9 Å². The lowest BCUT2D eigenvalue weighted by Gasteiger charge is -2.57. The molecule has 0 amide bonds. The number of methoxy groups -OCH3 is 1. The van der Waals surface area contributed by atoms with Crippen molar-refractivity contribution in [3.63, 3.8) is 0 Å². The van der Waals surface area contributed by atoms with Crippen LogP contribution in [0.15, 0.2) is 6.07 Å². The van der Waals surface area contributed by atoms with Crippen LogP contribution >= 0.6 is 11.3 Å². The van der Waals surface area contributed by atoms with Gasteiger partial charge < -0.3 is 4.74 Å². The van der Waals surface area contributed by atoms with Gasteiger partial charge in [-0.15, -0.1) is 11.3 Å². The Hall–Kier alpha value is -1.00. The normalized spacial score (nSPS) is 50.2. The number of carbonyl (C=O) groups is 2. The van der Waals surface area contributed by atoms with Crippen molar-refractivity contribution in [3.05, 3.63) is 21.4 Å². The lowest BCUT2D eigenvalue weighted by atomic mass is 9.46. The molecule has 3 bridgehead atoms. The first-order chi connectivity index (χ1) is 16.3. The zero-order valence-electron chi connectivity index (χ0n) is 21.3. The number of ketones is 2. The molecule has 5 saturated carbocycles. The molecule has 2 spiro atoms. The zero-order chi connectivity index (χ0) is 23.6. The maximum absolute atomic E-state index is 13.6. The van der Waals surface area contributed by atoms with Gasteiger partial charge in [0.25, 0.3) is 0 Å². The molecule has 3 nitrogen and oxygen atoms in total. The van der Waals surface area contributed by atoms with Crippen LogP contribution in [0.3, 0.4) is 0 Å². The summed E-state index contributed by atoms with van der Waals surface area (Å²) in [7, 11) is 1.85. The third-order valence-corrected chi connectivity index (χ3v) is 13.8. The van der Waals surface area contributed by atoms with Gasteiger partial charge in [0.1, 0.15) is 11.6 Å². The van der Waals surface area contributed by atoms with Gasteiger partial charge in [0, 0.05) is 34.1 Å². The van der Waals surface area contributed by atoms with E-state index in [0.29, 0.717) is 29.3 Å². The molecule has 7 unspecified atom stereocenters. The van der Waals surface area contributed by atoms with Crippen molar-refractivity contribution in [2.45, 2.75) is 102 Å². The van der Waals surface area contributed by atoms with Crippen LogP contribution in [0, 0.1) is 40.9 Å². The average molecular weight is 481 g/mol. The number of hydrogen-bond donors (Lipinski definition) is 0. The lowest BCUT2D eigenvalue weighted by molar-refractivity contribution is -0.139. The summed E-state index contributed by atoms with van der Waals surface area (Å²) in [6.45, 7) is 5.83. The van der Waals surface area contributed by atoms with E-state index in [1.54, 1.807) is 11.8 Å². The predicted octanol–water partition coefficient (Wildman–Crippen LogP) is 6.64. The van der Waals surface area contributed by atoms with E-state index in [1.807, 2.05) is 14.0 Å². The Balaban J connectivity index is 1.39. The van der Waals surface area contributed by atoms with Gasteiger partial charge in [-0.25, -0.2) is 0 Å². The molecule has 5 fully saturated rings. The largest absolute Gasteiger partial charge is 0.381 e. The van der Waals surface area contributed by atoms with E-state index < -0.39 is 0 Å². The minimum atomic E-state index is -0.151. The van der Waals surface area contributed by atoms with Gasteiger partial charge >= 0.3 is 0 Å². The lowest BCUT2D eigenvalue weighted by Crippen LogP contribution is -2.58. The summed E-state index contributed by atoms with van der Waals surface area (Å²) in [5.41, 5.74) is 1.98. The van der Waals surface area contributed by atoms with Crippen LogP contribution in [0.1, 0.15) is 106 Å². The number of thiophene rings is 1. The molecular formula is C30H40O3S. The molecule has 4 heteroatoms. The van der Waals surface area contributed by atoms with E-state index in [1.165, 1.54) is 55.4 Å². The molecule has 6 aliphatic carbocycles. The smallest absolute Gasteiger partial charge is 0.134 e. The van der Waals surface area contributed by atoms with Gasteiger partial charge in [0.2, 0.25) is 0 Å². The van der Waals surface area contributed by atoms with Gasteiger partial charge in [-0.3, -0.25) is 9.59 Å². The van der Waals surface area contributed by atoms with E-state index in [0.717, 1.165) is 24.7 Å². The van der Waals surface area contributed by atoms with Crippen LogP contribution in [0.25, 0.3) is 0 Å². The number of Topliss-reactive ketones (excluding diaryl/α,β-unsaturated/α-hetero) is 2. The molecule has 0 N–H and O–H groups in total. The highest BCUT2D eigenvalue weighted by atomic mass is 32.1. The molecule has 1 aromatic heterocycles. The molecule has 34 heavy (non-hydrogen) atoms. The first kappa shape index (κ1) is 22.2. The second kappa shape index (κ2) is 7.28. The first-order valence-corrected chi connectivity index (χ1v) is 14.8. The summed E-state index contributed by atoms with van der Waals surface area (Å²) in [6.07, 6.45) is 11.8. The number of hydrogen-bond acceptors (Lipinski definition) is 4. The van der Waals surface area contributed by atoms with Gasteiger partial charge in [0.15, 0.2) is 0 Å². The molecule has 7 atom stereocenters. The summed E-state index contributed by atoms with van der Waals surface area (Å²) in [5.74, 6) is 4.00. The number of rotatable bonds is 4. The Kier molecular flexibility index (Phi) is 4.76. The fourth-order valence-electron chi connectivity index (χ4n) is 11.1. The van der Waals surface area contributed by atoms with E-state index >= 15 is 0 Å². The average Bonchev–Trinajstić information content (AvgIpc) is 3.44. The van der Waals surface area contributed by atoms with Crippen molar-refractivity contribution >= 4 is 22.9 Å². The SMILES string of the molecule is COC1CCC(c2cc3c(s2)C2(C4CC5CC6CC2CC56C4)C(C(C)=O)C(C(C)=O)C3C)CC1. The maximum Gasteiger partial charge on any atom is 0.134 e. The highest BCUT2D eigenvalue weighted by molar-refractivity contribution is 7.12. The van der Waals surface area contributed by atoms with Gasteiger partial charge in [-0.1, -0.05) is 6.92 Å². The highest BCUT2D eigenvalue weighted by Crippen LogP contribution is 2.82. The summed E-state index contributed by atoms with van der Waals surface area (Å²) in [5, 5.41) is 0. The van der Waals surface area contributed by atoms with Gasteiger partial charge in [-0.2, -0.15) is 0 Å². The van der Waals surface area contributed by atoms with Crippen molar-refractivity contribution in [1.82, 2.24) is 0 Å². The summed E-state index contributed by atoms with van der Waals surface area (Å²) >= 11 is 2.08. The quantitative estimate of drug-likeness (QED) is 0.485. The minimum absolute atomic E-state index is 0.0793. The summed E-state index contributed by atoms with van der Waals surface area (Å²) < 4.78 is 5.65. The Labute approximate surface area is 208 Å². The molecule has 7 rings (SSSR count). The van der Waals surface area contributed by atoms with Crippen molar-refractivity contribution in [1.29, 1.82) is 0 Å². The van der Waals surface area contributed by atoms with Crippen LogP contribution in [0.4, 0.5) is 0 Å². The Morgan fingerprint density at radius 3 is 2.12 bits per heavy atom. The molecule has 0 radical (unpaired) electrons. The molecule has 0 aliphatic heterocycles. The monoisotopic (exact) mass is 480 g/mol. The van der Waals surface area contributed by atoms with E-state index in [9.17, 15) is 9.59 Å². The van der Waals surface area contributed by atoms with E-state index in [4.69, 9.17) is 4.74 Å². The van der Waals surface area contributed by atoms with Gasteiger partial charge in [-0.05, 0) is 124 Å². The zero-order valence-corrected chi connectivity index (χ0v) is 22.1. The topological polar surface area (TPSA) is 43.4 Å². The third-order valence-electron chi connectivity index (χ3n) is 12.3. The number of ether oxygens (including phenoxy) is 1. The van der Waals surface area contributed by atoms with Crippen LogP contribution in [-0.2, 0) is 19.7 Å². The van der Waals surface area contributed by atoms with E-state index in [2.05, 4.69) is 24.3 Å². The second-order valence-electron chi connectivity index (χ2n) is 13.2. The molecule has 0 aromatic carbocycles. The van der Waals surface area contributed by atoms with Crippen LogP contribution < -0.4 is 0 Å². The van der Waals surface area contributed by atoms with Crippen LogP contribution in [0.5, 0.6) is 0 Å². The summed E-state index contributed by atoms with van der Waals surface area (Å²) in [4.78, 5) is 30.0. The fourth-order valence-corrected chi connectivity index (χ4v) is 12.9. The van der Waals surface area contributed by atoms with E-state index in [-0.39, 0.29) is 34.7 Å². The number of fused-ring (bicyclic) bond motifs is 6. The van der Waals surface area contributed by atoms with Crippen molar-refractivity contribution < 1.29 is 14.3 Å². The van der Waals surface area contributed by atoms with Crippen molar-refractivity contribution in [2.75, 3.05) is 7.11 Å². The van der Waals surface area contributed by atoms with Crippen molar-refractivity contribution in [3.8, 4) is 0 Å². The predicted molar refractivity (Wildman–Crippen MR) is 134 cm³/mol. The molecule has 1 aromatic rings. The standard InChI is InChI=1S/C30H40O3S/c1-15-24-12-25(18-5-7-23(33-4)8-6-18)34-28(24)30(27(17(3)32)26(15)16(2)31)21-10-19-9-20-11-22(30)14-29(19,20)13-21/h12,15,18-23,26-27H,5-11,13-14H2,1-4H3. The Morgan fingerprint density at radius 2 is 1.56 bits per heavy atom. The molecule has 0 saturated heterocycles. The highest BCUT2D eigenvalue weighted by Gasteiger charge is 2.76. The first-order valence-electron chi connectivity index (χ1n) is 14.0. The Bertz CT molecular complexity index is 1020. The molecule has 184 valence electrons.